The molecule has 1 amide bonds. The number of amides is 1. The first-order valence-corrected chi connectivity index (χ1v) is 13.4. The maximum absolute atomic E-state index is 13.2. The standard InChI is InChI=1S/C24H19ClN4O4S2/c25-15-9-11-17(24(31)26-16-10-8-14-4-1-2-6-21(30)18(14)13-16)20(12-15)29-35(32,33)22-7-3-5-19-23(22)28-34-27-19/h3,5,7-13,29H,1-2,4,6H2,(H,26,31). The van der Waals surface area contributed by atoms with Crippen molar-refractivity contribution in [3.63, 3.8) is 0 Å². The molecule has 2 N–H and O–H groups in total. The lowest BCUT2D eigenvalue weighted by Gasteiger charge is -2.14. The fraction of sp³-hybridized carbons (Fsp3) is 0.167. The van der Waals surface area contributed by atoms with Crippen LogP contribution in [0.4, 0.5) is 11.4 Å². The van der Waals surface area contributed by atoms with Crippen LogP contribution in [0.2, 0.25) is 5.02 Å². The second kappa shape index (κ2) is 9.37. The second-order valence-corrected chi connectivity index (χ2v) is 10.8. The number of carbonyl (C=O) groups is 2. The quantitative estimate of drug-likeness (QED) is 0.340. The molecule has 0 atom stereocenters. The average molecular weight is 527 g/mol. The van der Waals surface area contributed by atoms with E-state index in [9.17, 15) is 18.0 Å². The first-order valence-electron chi connectivity index (χ1n) is 10.8. The number of ketones is 1. The third-order valence-electron chi connectivity index (χ3n) is 5.78. The van der Waals surface area contributed by atoms with Gasteiger partial charge in [0, 0.05) is 22.7 Å². The smallest absolute Gasteiger partial charge is 0.264 e. The molecule has 1 aromatic heterocycles. The lowest BCUT2D eigenvalue weighted by Crippen LogP contribution is -2.19. The Morgan fingerprint density at radius 3 is 2.69 bits per heavy atom. The number of hydrogen-bond donors (Lipinski definition) is 2. The lowest BCUT2D eigenvalue weighted by molar-refractivity contribution is 0.0979. The molecular formula is C24H19ClN4O4S2. The minimum absolute atomic E-state index is 0.0148. The Hall–Kier alpha value is -3.34. The fourth-order valence-electron chi connectivity index (χ4n) is 4.06. The van der Waals surface area contributed by atoms with E-state index in [0.717, 1.165) is 36.6 Å². The van der Waals surface area contributed by atoms with Gasteiger partial charge in [-0.25, -0.2) is 8.42 Å². The SMILES string of the molecule is O=C1CCCCc2ccc(NC(=O)c3ccc(Cl)cc3NS(=O)(=O)c3cccc4nsnc34)cc21. The largest absolute Gasteiger partial charge is 0.322 e. The van der Waals surface area contributed by atoms with E-state index in [0.29, 0.717) is 23.2 Å². The summed E-state index contributed by atoms with van der Waals surface area (Å²) in [6, 6.07) is 14.2. The van der Waals surface area contributed by atoms with Crippen LogP contribution in [0, 0.1) is 0 Å². The number of aromatic nitrogens is 2. The summed E-state index contributed by atoms with van der Waals surface area (Å²) in [5, 5.41) is 3.02. The van der Waals surface area contributed by atoms with Crippen molar-refractivity contribution < 1.29 is 18.0 Å². The molecule has 1 aliphatic rings. The summed E-state index contributed by atoms with van der Waals surface area (Å²) in [6.45, 7) is 0. The van der Waals surface area contributed by atoms with Crippen LogP contribution in [0.25, 0.3) is 11.0 Å². The third kappa shape index (κ3) is 4.77. The van der Waals surface area contributed by atoms with Crippen LogP contribution in [-0.4, -0.2) is 28.9 Å². The molecule has 0 unspecified atom stereocenters. The first-order chi connectivity index (χ1) is 16.8. The van der Waals surface area contributed by atoms with Gasteiger partial charge in [0.1, 0.15) is 15.9 Å². The number of sulfonamides is 1. The second-order valence-electron chi connectivity index (χ2n) is 8.14. The highest BCUT2D eigenvalue weighted by molar-refractivity contribution is 7.93. The highest BCUT2D eigenvalue weighted by Gasteiger charge is 2.23. The summed E-state index contributed by atoms with van der Waals surface area (Å²) in [6.07, 6.45) is 3.09. The maximum Gasteiger partial charge on any atom is 0.264 e. The molecule has 0 saturated heterocycles. The summed E-state index contributed by atoms with van der Waals surface area (Å²) in [5.74, 6) is -0.492. The predicted molar refractivity (Wildman–Crippen MR) is 136 cm³/mol. The van der Waals surface area contributed by atoms with Crippen molar-refractivity contribution in [3.8, 4) is 0 Å². The highest BCUT2D eigenvalue weighted by atomic mass is 35.5. The molecule has 11 heteroatoms. The van der Waals surface area contributed by atoms with Gasteiger partial charge in [0.2, 0.25) is 0 Å². The lowest BCUT2D eigenvalue weighted by atomic mass is 10.0. The minimum atomic E-state index is -4.11. The van der Waals surface area contributed by atoms with Crippen LogP contribution in [0.15, 0.2) is 59.5 Å². The van der Waals surface area contributed by atoms with Gasteiger partial charge in [0.05, 0.1) is 23.0 Å². The molecule has 1 heterocycles. The monoisotopic (exact) mass is 526 g/mol. The third-order valence-corrected chi connectivity index (χ3v) is 7.95. The zero-order valence-electron chi connectivity index (χ0n) is 18.2. The molecule has 0 aliphatic heterocycles. The molecule has 35 heavy (non-hydrogen) atoms. The Labute approximate surface area is 210 Å². The van der Waals surface area contributed by atoms with Gasteiger partial charge in [-0.1, -0.05) is 23.7 Å². The summed E-state index contributed by atoms with van der Waals surface area (Å²) < 4.78 is 37.0. The topological polar surface area (TPSA) is 118 Å². The fourth-order valence-corrected chi connectivity index (χ4v) is 6.07. The number of anilines is 2. The number of nitrogens with zero attached hydrogens (tertiary/aromatic N) is 2. The molecule has 0 fully saturated rings. The number of fused-ring (bicyclic) bond motifs is 2. The molecule has 0 saturated carbocycles. The Bertz CT molecular complexity index is 1580. The van der Waals surface area contributed by atoms with E-state index in [1.54, 1.807) is 24.3 Å². The van der Waals surface area contributed by atoms with Gasteiger partial charge >= 0.3 is 0 Å². The van der Waals surface area contributed by atoms with Crippen molar-refractivity contribution in [1.29, 1.82) is 0 Å². The van der Waals surface area contributed by atoms with E-state index in [2.05, 4.69) is 18.8 Å². The van der Waals surface area contributed by atoms with Crippen molar-refractivity contribution in [2.24, 2.45) is 0 Å². The van der Waals surface area contributed by atoms with Crippen LogP contribution < -0.4 is 10.0 Å². The van der Waals surface area contributed by atoms with E-state index >= 15 is 0 Å². The summed E-state index contributed by atoms with van der Waals surface area (Å²) >= 11 is 7.03. The van der Waals surface area contributed by atoms with Crippen molar-refractivity contribution in [3.05, 3.63) is 76.3 Å². The minimum Gasteiger partial charge on any atom is -0.322 e. The molecule has 3 aromatic carbocycles. The molecule has 0 spiro atoms. The molecule has 8 nitrogen and oxygen atoms in total. The van der Waals surface area contributed by atoms with Gasteiger partial charge in [-0.05, 0) is 67.3 Å². The van der Waals surface area contributed by atoms with Gasteiger partial charge in [0.15, 0.2) is 5.78 Å². The van der Waals surface area contributed by atoms with Crippen molar-refractivity contribution >= 4 is 67.5 Å². The number of halogens is 1. The van der Waals surface area contributed by atoms with Gasteiger partial charge in [0.25, 0.3) is 15.9 Å². The summed E-state index contributed by atoms with van der Waals surface area (Å²) in [7, 11) is -4.11. The van der Waals surface area contributed by atoms with E-state index in [4.69, 9.17) is 11.6 Å². The molecular weight excluding hydrogens is 508 g/mol. The average Bonchev–Trinajstić information content (AvgIpc) is 3.23. The number of nitrogens with one attached hydrogen (secondary N) is 2. The van der Waals surface area contributed by atoms with Gasteiger partial charge in [-0.15, -0.1) is 0 Å². The number of benzene rings is 3. The van der Waals surface area contributed by atoms with Crippen LogP contribution in [-0.2, 0) is 16.4 Å². The Balaban J connectivity index is 1.46. The summed E-state index contributed by atoms with van der Waals surface area (Å²) in [4.78, 5) is 25.6. The highest BCUT2D eigenvalue weighted by Crippen LogP contribution is 2.29. The Morgan fingerprint density at radius 1 is 1.00 bits per heavy atom. The normalized spacial score (nSPS) is 13.8. The molecule has 0 bridgehead atoms. The molecule has 5 rings (SSSR count). The van der Waals surface area contributed by atoms with Crippen LogP contribution in [0.5, 0.6) is 0 Å². The molecule has 4 aromatic rings. The molecule has 0 radical (unpaired) electrons. The van der Waals surface area contributed by atoms with E-state index in [1.165, 1.54) is 24.3 Å². The van der Waals surface area contributed by atoms with Crippen LogP contribution in [0.3, 0.4) is 0 Å². The van der Waals surface area contributed by atoms with Crippen LogP contribution >= 0.6 is 23.3 Å². The van der Waals surface area contributed by atoms with Gasteiger partial charge in [-0.3, -0.25) is 14.3 Å². The first kappa shape index (κ1) is 23.4. The zero-order chi connectivity index (χ0) is 24.6. The van der Waals surface area contributed by atoms with Crippen molar-refractivity contribution in [1.82, 2.24) is 8.75 Å². The Morgan fingerprint density at radius 2 is 1.83 bits per heavy atom. The Kier molecular flexibility index (Phi) is 6.26. The number of hydrogen-bond acceptors (Lipinski definition) is 7. The van der Waals surface area contributed by atoms with E-state index in [1.807, 2.05) is 6.07 Å². The van der Waals surface area contributed by atoms with Crippen molar-refractivity contribution in [2.45, 2.75) is 30.6 Å². The maximum atomic E-state index is 13.2. The van der Waals surface area contributed by atoms with Crippen LogP contribution in [0.1, 0.15) is 45.5 Å². The van der Waals surface area contributed by atoms with Gasteiger partial charge < -0.3 is 5.32 Å². The van der Waals surface area contributed by atoms with Crippen molar-refractivity contribution in [2.75, 3.05) is 10.0 Å². The predicted octanol–water partition coefficient (Wildman–Crippen LogP) is 5.31. The number of rotatable bonds is 5. The number of Topliss-reactive ketones (excluding diaryl/α,β-unsaturated/α-hetero) is 1. The van der Waals surface area contributed by atoms with E-state index in [-0.39, 0.29) is 32.5 Å². The van der Waals surface area contributed by atoms with Gasteiger partial charge in [-0.2, -0.15) is 8.75 Å². The zero-order valence-corrected chi connectivity index (χ0v) is 20.6. The van der Waals surface area contributed by atoms with E-state index < -0.39 is 15.9 Å². The summed E-state index contributed by atoms with van der Waals surface area (Å²) in [5.41, 5.74) is 2.82. The molecule has 178 valence electrons. The number of carbonyl (C=O) groups excluding carboxylic acids is 2. The number of aryl methyl sites for hydroxylation is 1. The molecule has 1 aliphatic carbocycles.